The van der Waals surface area contributed by atoms with E-state index in [1.54, 1.807) is 7.11 Å². The van der Waals surface area contributed by atoms with E-state index in [0.717, 1.165) is 24.5 Å². The summed E-state index contributed by atoms with van der Waals surface area (Å²) < 4.78 is 5.02. The highest BCUT2D eigenvalue weighted by atomic mass is 16.5. The predicted octanol–water partition coefficient (Wildman–Crippen LogP) is 1.15. The van der Waals surface area contributed by atoms with Crippen molar-refractivity contribution in [2.45, 2.75) is 13.3 Å². The van der Waals surface area contributed by atoms with Crippen molar-refractivity contribution in [3.63, 3.8) is 0 Å². The Morgan fingerprint density at radius 2 is 2.24 bits per heavy atom. The van der Waals surface area contributed by atoms with Crippen LogP contribution >= 0.6 is 0 Å². The molecule has 1 heterocycles. The summed E-state index contributed by atoms with van der Waals surface area (Å²) in [4.78, 5) is 6.44. The van der Waals surface area contributed by atoms with Gasteiger partial charge in [0.2, 0.25) is 0 Å². The second-order valence-corrected chi connectivity index (χ2v) is 4.01. The van der Waals surface area contributed by atoms with Gasteiger partial charge in [0.05, 0.1) is 5.56 Å². The normalized spacial score (nSPS) is 10.3. The van der Waals surface area contributed by atoms with Crippen molar-refractivity contribution < 1.29 is 4.74 Å². The summed E-state index contributed by atoms with van der Waals surface area (Å²) in [5, 5.41) is 7.54. The third-order valence-corrected chi connectivity index (χ3v) is 2.51. The Kier molecular flexibility index (Phi) is 4.90. The molecule has 0 saturated heterocycles. The van der Waals surface area contributed by atoms with Gasteiger partial charge in [0.15, 0.2) is 0 Å². The molecule has 0 aromatic carbocycles. The maximum Gasteiger partial charge on any atom is 0.139 e. The van der Waals surface area contributed by atoms with E-state index in [0.29, 0.717) is 12.2 Å². The van der Waals surface area contributed by atoms with Gasteiger partial charge in [-0.25, -0.2) is 4.98 Å². The zero-order chi connectivity index (χ0) is 12.8. The van der Waals surface area contributed by atoms with Crippen molar-refractivity contribution in [2.24, 2.45) is 5.73 Å². The highest BCUT2D eigenvalue weighted by Gasteiger charge is 2.11. The molecule has 0 fully saturated rings. The van der Waals surface area contributed by atoms with Gasteiger partial charge in [-0.2, -0.15) is 0 Å². The second-order valence-electron chi connectivity index (χ2n) is 4.01. The maximum absolute atomic E-state index is 7.54. The summed E-state index contributed by atoms with van der Waals surface area (Å²) in [5.74, 6) is 0.805. The summed E-state index contributed by atoms with van der Waals surface area (Å²) in [7, 11) is 3.63. The summed E-state index contributed by atoms with van der Waals surface area (Å²) in [6.07, 6.45) is 0.917. The molecule has 0 spiro atoms. The van der Waals surface area contributed by atoms with Crippen LogP contribution < -0.4 is 10.6 Å². The molecule has 5 heteroatoms. The molecule has 0 unspecified atom stereocenters. The van der Waals surface area contributed by atoms with Crippen LogP contribution in [-0.2, 0) is 4.74 Å². The number of nitrogens with one attached hydrogen (secondary N) is 1. The number of methoxy groups -OCH3 is 1. The number of aryl methyl sites for hydroxylation is 1. The van der Waals surface area contributed by atoms with Crippen LogP contribution in [0.3, 0.4) is 0 Å². The Morgan fingerprint density at radius 1 is 1.53 bits per heavy atom. The van der Waals surface area contributed by atoms with Crippen molar-refractivity contribution in [2.75, 3.05) is 32.2 Å². The number of nitrogens with two attached hydrogens (primary N) is 1. The Bertz CT molecular complexity index is 392. The summed E-state index contributed by atoms with van der Waals surface area (Å²) in [6, 6.07) is 3.70. The molecule has 17 heavy (non-hydrogen) atoms. The first-order valence-corrected chi connectivity index (χ1v) is 5.58. The summed E-state index contributed by atoms with van der Waals surface area (Å²) in [5.41, 5.74) is 7.15. The van der Waals surface area contributed by atoms with Crippen molar-refractivity contribution in [1.29, 1.82) is 5.41 Å². The molecule has 3 N–H and O–H groups in total. The number of rotatable bonds is 6. The molecule has 0 aliphatic rings. The molecule has 0 aliphatic heterocycles. The first-order chi connectivity index (χ1) is 8.06. The smallest absolute Gasteiger partial charge is 0.139 e. The van der Waals surface area contributed by atoms with Crippen molar-refractivity contribution in [1.82, 2.24) is 4.98 Å². The van der Waals surface area contributed by atoms with Crippen molar-refractivity contribution in [3.05, 3.63) is 23.4 Å². The minimum absolute atomic E-state index is 0.0473. The average Bonchev–Trinajstić information content (AvgIpc) is 2.28. The second kappa shape index (κ2) is 6.20. The van der Waals surface area contributed by atoms with Crippen LogP contribution in [-0.4, -0.2) is 38.1 Å². The fourth-order valence-corrected chi connectivity index (χ4v) is 1.60. The summed E-state index contributed by atoms with van der Waals surface area (Å²) >= 11 is 0. The first-order valence-electron chi connectivity index (χ1n) is 5.58. The Balaban J connectivity index is 2.86. The highest BCUT2D eigenvalue weighted by Crippen LogP contribution is 2.17. The number of nitrogen functional groups attached to an aromatic ring is 1. The number of nitrogens with zero attached hydrogens (tertiary/aromatic N) is 2. The fraction of sp³-hybridized carbons (Fsp3) is 0.500. The van der Waals surface area contributed by atoms with Gasteiger partial charge in [-0.1, -0.05) is 0 Å². The first kappa shape index (κ1) is 13.4. The number of hydrogen-bond acceptors (Lipinski definition) is 4. The number of ether oxygens (including phenoxy) is 1. The molecule has 5 nitrogen and oxygen atoms in total. The molecular formula is C12H20N4O. The molecule has 0 saturated carbocycles. The van der Waals surface area contributed by atoms with Crippen LogP contribution in [0.25, 0.3) is 0 Å². The zero-order valence-corrected chi connectivity index (χ0v) is 10.7. The van der Waals surface area contributed by atoms with Crippen molar-refractivity contribution >= 4 is 11.7 Å². The monoisotopic (exact) mass is 236 g/mol. The van der Waals surface area contributed by atoms with Gasteiger partial charge in [-0.05, 0) is 25.5 Å². The zero-order valence-electron chi connectivity index (χ0n) is 10.7. The molecule has 0 atom stereocenters. The number of amidine groups is 1. The van der Waals surface area contributed by atoms with E-state index >= 15 is 0 Å². The number of anilines is 1. The van der Waals surface area contributed by atoms with Crippen LogP contribution in [0.15, 0.2) is 12.1 Å². The van der Waals surface area contributed by atoms with E-state index in [9.17, 15) is 0 Å². The molecular weight excluding hydrogens is 216 g/mol. The lowest BCUT2D eigenvalue weighted by Crippen LogP contribution is -2.25. The van der Waals surface area contributed by atoms with Gasteiger partial charge in [-0.15, -0.1) is 0 Å². The van der Waals surface area contributed by atoms with E-state index in [-0.39, 0.29) is 5.84 Å². The molecule has 1 rings (SSSR count). The standard InChI is InChI=1S/C12H20N4O/c1-9-5-6-10(11(13)14)12(15-9)16(2)7-4-8-17-3/h5-6H,4,7-8H2,1-3H3,(H3,13,14). The van der Waals surface area contributed by atoms with E-state index < -0.39 is 0 Å². The fourth-order valence-electron chi connectivity index (χ4n) is 1.60. The quantitative estimate of drug-likeness (QED) is 0.441. The van der Waals surface area contributed by atoms with E-state index in [2.05, 4.69) is 4.98 Å². The van der Waals surface area contributed by atoms with Crippen LogP contribution in [0, 0.1) is 12.3 Å². The number of pyridine rings is 1. The molecule has 1 aromatic rings. The van der Waals surface area contributed by atoms with Crippen LogP contribution in [0.5, 0.6) is 0 Å². The molecule has 0 amide bonds. The van der Waals surface area contributed by atoms with E-state index in [1.165, 1.54) is 0 Å². The topological polar surface area (TPSA) is 75.2 Å². The SMILES string of the molecule is COCCCN(C)c1nc(C)ccc1C(=N)N. The lowest BCUT2D eigenvalue weighted by molar-refractivity contribution is 0.196. The van der Waals surface area contributed by atoms with Crippen LogP contribution in [0.4, 0.5) is 5.82 Å². The Labute approximate surface area is 102 Å². The predicted molar refractivity (Wildman–Crippen MR) is 69.8 cm³/mol. The number of aromatic nitrogens is 1. The average molecular weight is 236 g/mol. The summed E-state index contributed by atoms with van der Waals surface area (Å²) in [6.45, 7) is 3.46. The number of hydrogen-bond donors (Lipinski definition) is 2. The molecule has 0 radical (unpaired) electrons. The third kappa shape index (κ3) is 3.71. The van der Waals surface area contributed by atoms with Gasteiger partial charge in [0, 0.05) is 33.0 Å². The molecule has 0 aliphatic carbocycles. The van der Waals surface area contributed by atoms with E-state index in [4.69, 9.17) is 15.9 Å². The van der Waals surface area contributed by atoms with Gasteiger partial charge in [-0.3, -0.25) is 5.41 Å². The Morgan fingerprint density at radius 3 is 2.82 bits per heavy atom. The molecule has 1 aromatic heterocycles. The lowest BCUT2D eigenvalue weighted by atomic mass is 10.2. The molecule has 0 bridgehead atoms. The van der Waals surface area contributed by atoms with Gasteiger partial charge in [0.1, 0.15) is 11.7 Å². The highest BCUT2D eigenvalue weighted by molar-refractivity contribution is 5.99. The van der Waals surface area contributed by atoms with Gasteiger partial charge >= 0.3 is 0 Å². The van der Waals surface area contributed by atoms with Crippen LogP contribution in [0.1, 0.15) is 17.7 Å². The van der Waals surface area contributed by atoms with Crippen molar-refractivity contribution in [3.8, 4) is 0 Å². The van der Waals surface area contributed by atoms with E-state index in [1.807, 2.05) is 31.0 Å². The largest absolute Gasteiger partial charge is 0.385 e. The Hall–Kier alpha value is -1.62. The third-order valence-electron chi connectivity index (χ3n) is 2.51. The minimum atomic E-state index is 0.0473. The van der Waals surface area contributed by atoms with Gasteiger partial charge < -0.3 is 15.4 Å². The maximum atomic E-state index is 7.54. The van der Waals surface area contributed by atoms with Gasteiger partial charge in [0.25, 0.3) is 0 Å². The van der Waals surface area contributed by atoms with Crippen LogP contribution in [0.2, 0.25) is 0 Å². The molecule has 94 valence electrons. The lowest BCUT2D eigenvalue weighted by Gasteiger charge is -2.21. The minimum Gasteiger partial charge on any atom is -0.385 e.